The standard InChI is InChI=1S/C27H30N6O2/c1-4-15-33-22(13-14-28-33)26(34)30-25(24(19-5-6-19)20-7-8-20)27(35)29-21-11-9-18(10-12-21)23-16(2)31-32-17(23)3/h1,9-14,19-20,24-25H,5-8,15H2,2-3H3,(H,29,35)(H,30,34)(H,31,32)/t25-/m0/s1. The van der Waals surface area contributed by atoms with E-state index in [0.717, 1.165) is 48.2 Å². The quantitative estimate of drug-likeness (QED) is 0.415. The lowest BCUT2D eigenvalue weighted by atomic mass is 9.88. The molecule has 0 unspecified atom stereocenters. The Morgan fingerprint density at radius 1 is 1.14 bits per heavy atom. The van der Waals surface area contributed by atoms with Crippen LogP contribution in [0, 0.1) is 43.9 Å². The number of benzene rings is 1. The van der Waals surface area contributed by atoms with Gasteiger partial charge in [-0.2, -0.15) is 10.2 Å². The van der Waals surface area contributed by atoms with Gasteiger partial charge in [0.15, 0.2) is 0 Å². The molecule has 2 saturated carbocycles. The van der Waals surface area contributed by atoms with E-state index in [4.69, 9.17) is 6.42 Å². The molecule has 2 aliphatic rings. The van der Waals surface area contributed by atoms with Crippen molar-refractivity contribution >= 4 is 17.5 Å². The normalized spacial score (nSPS) is 16.1. The Balaban J connectivity index is 1.36. The molecule has 0 radical (unpaired) electrons. The molecule has 8 heteroatoms. The third kappa shape index (κ3) is 4.85. The van der Waals surface area contributed by atoms with Crippen molar-refractivity contribution in [1.82, 2.24) is 25.3 Å². The molecule has 0 spiro atoms. The zero-order valence-corrected chi connectivity index (χ0v) is 20.0. The van der Waals surface area contributed by atoms with Crippen LogP contribution in [0.2, 0.25) is 0 Å². The van der Waals surface area contributed by atoms with E-state index in [1.165, 1.54) is 4.68 Å². The van der Waals surface area contributed by atoms with Gasteiger partial charge in [-0.3, -0.25) is 14.7 Å². The Bertz CT molecular complexity index is 1240. The number of carbonyl (C=O) groups excluding carboxylic acids is 2. The Morgan fingerprint density at radius 2 is 1.83 bits per heavy atom. The predicted octanol–water partition coefficient (Wildman–Crippen LogP) is 3.70. The topological polar surface area (TPSA) is 105 Å². The maximum Gasteiger partial charge on any atom is 0.270 e. The maximum absolute atomic E-state index is 13.6. The number of amides is 2. The van der Waals surface area contributed by atoms with Gasteiger partial charge in [-0.25, -0.2) is 4.68 Å². The lowest BCUT2D eigenvalue weighted by Gasteiger charge is -2.27. The molecular weight excluding hydrogens is 440 g/mol. The minimum Gasteiger partial charge on any atom is -0.339 e. The lowest BCUT2D eigenvalue weighted by Crippen LogP contribution is -2.50. The van der Waals surface area contributed by atoms with Crippen molar-refractivity contribution < 1.29 is 9.59 Å². The highest BCUT2D eigenvalue weighted by Crippen LogP contribution is 2.51. The number of aromatic nitrogens is 4. The van der Waals surface area contributed by atoms with E-state index in [2.05, 4.69) is 31.9 Å². The summed E-state index contributed by atoms with van der Waals surface area (Å²) < 4.78 is 1.48. The number of hydrogen-bond acceptors (Lipinski definition) is 4. The highest BCUT2D eigenvalue weighted by atomic mass is 16.2. The van der Waals surface area contributed by atoms with Crippen molar-refractivity contribution in [2.75, 3.05) is 5.32 Å². The highest BCUT2D eigenvalue weighted by molar-refractivity contribution is 6.01. The Kier molecular flexibility index (Phi) is 6.16. The third-order valence-corrected chi connectivity index (χ3v) is 7.05. The molecule has 8 nitrogen and oxygen atoms in total. The Labute approximate surface area is 204 Å². The van der Waals surface area contributed by atoms with E-state index in [1.807, 2.05) is 38.1 Å². The van der Waals surface area contributed by atoms with Crippen LogP contribution in [0.1, 0.15) is 47.6 Å². The van der Waals surface area contributed by atoms with Crippen LogP contribution < -0.4 is 10.6 Å². The molecule has 1 aromatic carbocycles. The number of carbonyl (C=O) groups is 2. The molecule has 2 aliphatic carbocycles. The fourth-order valence-electron chi connectivity index (χ4n) is 5.10. The van der Waals surface area contributed by atoms with E-state index < -0.39 is 6.04 Å². The summed E-state index contributed by atoms with van der Waals surface area (Å²) >= 11 is 0. The van der Waals surface area contributed by atoms with E-state index in [1.54, 1.807) is 12.3 Å². The monoisotopic (exact) mass is 470 g/mol. The molecule has 1 atom stereocenters. The first-order valence-electron chi connectivity index (χ1n) is 12.1. The largest absolute Gasteiger partial charge is 0.339 e. The summed E-state index contributed by atoms with van der Waals surface area (Å²) in [4.78, 5) is 26.7. The van der Waals surface area contributed by atoms with Crippen molar-refractivity contribution in [2.24, 2.45) is 17.8 Å². The average molecular weight is 471 g/mol. The first kappa shape index (κ1) is 22.9. The van der Waals surface area contributed by atoms with E-state index in [0.29, 0.717) is 23.2 Å². The van der Waals surface area contributed by atoms with Gasteiger partial charge in [0.2, 0.25) is 5.91 Å². The van der Waals surface area contributed by atoms with Crippen LogP contribution in [0.5, 0.6) is 0 Å². The SMILES string of the molecule is C#CCn1nccc1C(=O)N[C@H](C(=O)Nc1ccc(-c2c(C)n[nH]c2C)cc1)C(C1CC1)C1CC1. The summed E-state index contributed by atoms with van der Waals surface area (Å²) in [6.45, 7) is 4.15. The minimum atomic E-state index is -0.616. The van der Waals surface area contributed by atoms with Crippen LogP contribution in [-0.2, 0) is 11.3 Å². The van der Waals surface area contributed by atoms with Gasteiger partial charge in [0.25, 0.3) is 5.91 Å². The molecule has 0 aliphatic heterocycles. The van der Waals surface area contributed by atoms with E-state index >= 15 is 0 Å². The van der Waals surface area contributed by atoms with Crippen molar-refractivity contribution in [3.63, 3.8) is 0 Å². The van der Waals surface area contributed by atoms with Gasteiger partial charge in [-0.1, -0.05) is 18.1 Å². The van der Waals surface area contributed by atoms with Gasteiger partial charge >= 0.3 is 0 Å². The van der Waals surface area contributed by atoms with Crippen LogP contribution in [-0.4, -0.2) is 37.8 Å². The number of terminal acetylenes is 1. The zero-order chi connectivity index (χ0) is 24.5. The van der Waals surface area contributed by atoms with Crippen molar-refractivity contribution in [3.05, 3.63) is 53.6 Å². The van der Waals surface area contributed by atoms with Gasteiger partial charge in [-0.15, -0.1) is 6.42 Å². The van der Waals surface area contributed by atoms with Gasteiger partial charge in [0, 0.05) is 23.1 Å². The maximum atomic E-state index is 13.6. The van der Waals surface area contributed by atoms with Crippen LogP contribution in [0.25, 0.3) is 11.1 Å². The van der Waals surface area contributed by atoms with Crippen LogP contribution >= 0.6 is 0 Å². The highest BCUT2D eigenvalue weighted by Gasteiger charge is 2.48. The first-order valence-corrected chi connectivity index (χ1v) is 12.1. The fourth-order valence-corrected chi connectivity index (χ4v) is 5.10. The second-order valence-corrected chi connectivity index (χ2v) is 9.66. The van der Waals surface area contributed by atoms with Gasteiger partial charge < -0.3 is 10.6 Å². The number of hydrogen-bond donors (Lipinski definition) is 3. The molecule has 5 rings (SSSR count). The summed E-state index contributed by atoms with van der Waals surface area (Å²) in [5, 5.41) is 17.5. The van der Waals surface area contributed by atoms with E-state index in [-0.39, 0.29) is 24.3 Å². The van der Waals surface area contributed by atoms with E-state index in [9.17, 15) is 9.59 Å². The predicted molar refractivity (Wildman–Crippen MR) is 133 cm³/mol. The molecule has 180 valence electrons. The summed E-state index contributed by atoms with van der Waals surface area (Å²) in [7, 11) is 0. The summed E-state index contributed by atoms with van der Waals surface area (Å²) in [6.07, 6.45) is 11.4. The molecule has 35 heavy (non-hydrogen) atoms. The third-order valence-electron chi connectivity index (χ3n) is 7.05. The number of aryl methyl sites for hydroxylation is 2. The van der Waals surface area contributed by atoms with Crippen molar-refractivity contribution in [1.29, 1.82) is 0 Å². The molecule has 0 saturated heterocycles. The second-order valence-electron chi connectivity index (χ2n) is 9.66. The number of anilines is 1. The summed E-state index contributed by atoms with van der Waals surface area (Å²) in [6, 6.07) is 8.75. The summed E-state index contributed by atoms with van der Waals surface area (Å²) in [5.74, 6) is 3.08. The van der Waals surface area contributed by atoms with Crippen molar-refractivity contribution in [3.8, 4) is 23.5 Å². The molecule has 2 aromatic heterocycles. The smallest absolute Gasteiger partial charge is 0.270 e. The number of aromatic amines is 1. The summed E-state index contributed by atoms with van der Waals surface area (Å²) in [5.41, 5.74) is 5.10. The number of nitrogens with zero attached hydrogens (tertiary/aromatic N) is 3. The Hall–Kier alpha value is -3.86. The molecule has 3 aromatic rings. The number of nitrogens with one attached hydrogen (secondary N) is 3. The molecule has 2 fully saturated rings. The number of rotatable bonds is 9. The minimum absolute atomic E-state index is 0.137. The molecule has 3 N–H and O–H groups in total. The second kappa shape index (κ2) is 9.41. The van der Waals surface area contributed by atoms with Crippen molar-refractivity contribution in [2.45, 2.75) is 52.1 Å². The molecule has 2 amide bonds. The van der Waals surface area contributed by atoms with Crippen LogP contribution in [0.15, 0.2) is 36.5 Å². The average Bonchev–Trinajstić information content (AvgIpc) is 3.77. The molecule has 2 heterocycles. The Morgan fingerprint density at radius 3 is 2.40 bits per heavy atom. The zero-order valence-electron chi connectivity index (χ0n) is 20.0. The van der Waals surface area contributed by atoms with Gasteiger partial charge in [-0.05, 0) is 81.0 Å². The fraction of sp³-hybridized carbons (Fsp3) is 0.407. The van der Waals surface area contributed by atoms with Crippen LogP contribution in [0.4, 0.5) is 5.69 Å². The molecular formula is C27H30N6O2. The lowest BCUT2D eigenvalue weighted by molar-refractivity contribution is -0.119. The molecule has 0 bridgehead atoms. The van der Waals surface area contributed by atoms with Gasteiger partial charge in [0.1, 0.15) is 18.3 Å². The van der Waals surface area contributed by atoms with Crippen LogP contribution in [0.3, 0.4) is 0 Å². The van der Waals surface area contributed by atoms with Gasteiger partial charge in [0.05, 0.1) is 5.69 Å². The number of H-pyrrole nitrogens is 1. The first-order chi connectivity index (χ1) is 17.0.